The van der Waals surface area contributed by atoms with Gasteiger partial charge in [-0.3, -0.25) is 0 Å². The summed E-state index contributed by atoms with van der Waals surface area (Å²) in [5.41, 5.74) is 8.43. The van der Waals surface area contributed by atoms with Crippen LogP contribution in [0.25, 0.3) is 0 Å². The molecule has 1 aliphatic heterocycles. The summed E-state index contributed by atoms with van der Waals surface area (Å²) >= 11 is 6.24. The van der Waals surface area contributed by atoms with Gasteiger partial charge in [-0.2, -0.15) is 0 Å². The van der Waals surface area contributed by atoms with Crippen LogP contribution in [-0.2, 0) is 12.8 Å². The molecule has 0 spiro atoms. The molecule has 3 rings (SSSR count). The Labute approximate surface area is 130 Å². The lowest BCUT2D eigenvalue weighted by Gasteiger charge is -2.19. The van der Waals surface area contributed by atoms with Crippen molar-refractivity contribution >= 4 is 11.6 Å². The van der Waals surface area contributed by atoms with Crippen LogP contribution in [0.4, 0.5) is 0 Å². The second kappa shape index (κ2) is 6.50. The van der Waals surface area contributed by atoms with Gasteiger partial charge in [0, 0.05) is 11.4 Å². The molecule has 0 aromatic heterocycles. The molecule has 2 nitrogen and oxygen atoms in total. The van der Waals surface area contributed by atoms with Crippen molar-refractivity contribution in [2.24, 2.45) is 11.7 Å². The van der Waals surface area contributed by atoms with Crippen molar-refractivity contribution in [1.82, 2.24) is 0 Å². The van der Waals surface area contributed by atoms with E-state index >= 15 is 0 Å². The Bertz CT molecular complexity index is 589. The van der Waals surface area contributed by atoms with Crippen LogP contribution in [0.3, 0.4) is 0 Å². The van der Waals surface area contributed by atoms with Gasteiger partial charge < -0.3 is 10.5 Å². The number of halogens is 1. The Kier molecular flexibility index (Phi) is 4.47. The van der Waals surface area contributed by atoms with Gasteiger partial charge in [0.1, 0.15) is 11.9 Å². The number of nitrogens with two attached hydrogens (primary N) is 1. The van der Waals surface area contributed by atoms with Crippen LogP contribution in [0.5, 0.6) is 5.75 Å². The number of fused-ring (bicyclic) bond motifs is 1. The highest BCUT2D eigenvalue weighted by Gasteiger charge is 2.25. The predicted octanol–water partition coefficient (Wildman–Crippen LogP) is 3.85. The zero-order chi connectivity index (χ0) is 14.7. The SMILES string of the molecule is NCC(Cc1ccccc1Cl)CC1Cc2ccccc2O1. The average Bonchev–Trinajstić information content (AvgIpc) is 2.91. The normalized spacial score (nSPS) is 18.1. The van der Waals surface area contributed by atoms with Crippen molar-refractivity contribution in [3.63, 3.8) is 0 Å². The largest absolute Gasteiger partial charge is 0.490 e. The lowest BCUT2D eigenvalue weighted by Crippen LogP contribution is -2.25. The quantitative estimate of drug-likeness (QED) is 0.910. The first-order valence-corrected chi connectivity index (χ1v) is 7.82. The van der Waals surface area contributed by atoms with Gasteiger partial charge in [0.25, 0.3) is 0 Å². The van der Waals surface area contributed by atoms with Gasteiger partial charge in [0.2, 0.25) is 0 Å². The number of hydrogen-bond acceptors (Lipinski definition) is 2. The molecule has 1 heterocycles. The molecular formula is C18H20ClNO. The fourth-order valence-corrected chi connectivity index (χ4v) is 3.21. The van der Waals surface area contributed by atoms with Crippen molar-refractivity contribution in [1.29, 1.82) is 0 Å². The first-order chi connectivity index (χ1) is 10.3. The molecule has 2 aromatic carbocycles. The molecule has 21 heavy (non-hydrogen) atoms. The van der Waals surface area contributed by atoms with Gasteiger partial charge in [-0.1, -0.05) is 48.0 Å². The molecule has 2 aromatic rings. The summed E-state index contributed by atoms with van der Waals surface area (Å²) in [4.78, 5) is 0. The van der Waals surface area contributed by atoms with E-state index in [-0.39, 0.29) is 6.10 Å². The highest BCUT2D eigenvalue weighted by molar-refractivity contribution is 6.31. The zero-order valence-corrected chi connectivity index (χ0v) is 12.7. The van der Waals surface area contributed by atoms with E-state index in [0.717, 1.165) is 30.0 Å². The summed E-state index contributed by atoms with van der Waals surface area (Å²) in [6, 6.07) is 16.3. The Morgan fingerprint density at radius 2 is 1.90 bits per heavy atom. The smallest absolute Gasteiger partial charge is 0.123 e. The summed E-state index contributed by atoms with van der Waals surface area (Å²) in [6.07, 6.45) is 3.09. The number of ether oxygens (including phenoxy) is 1. The molecule has 3 heteroatoms. The maximum Gasteiger partial charge on any atom is 0.123 e. The zero-order valence-electron chi connectivity index (χ0n) is 12.0. The number of benzene rings is 2. The lowest BCUT2D eigenvalue weighted by atomic mass is 9.92. The molecule has 0 fully saturated rings. The molecule has 0 aliphatic carbocycles. The van der Waals surface area contributed by atoms with E-state index in [4.69, 9.17) is 22.1 Å². The maximum atomic E-state index is 6.24. The monoisotopic (exact) mass is 301 g/mol. The van der Waals surface area contributed by atoms with Gasteiger partial charge in [0.15, 0.2) is 0 Å². The molecule has 2 atom stereocenters. The first kappa shape index (κ1) is 14.4. The van der Waals surface area contributed by atoms with E-state index in [0.29, 0.717) is 12.5 Å². The summed E-state index contributed by atoms with van der Waals surface area (Å²) in [5.74, 6) is 1.42. The molecule has 1 aliphatic rings. The van der Waals surface area contributed by atoms with Gasteiger partial charge in [-0.05, 0) is 48.6 Å². The molecule has 2 N–H and O–H groups in total. The van der Waals surface area contributed by atoms with E-state index in [1.165, 1.54) is 11.1 Å². The molecule has 0 bridgehead atoms. The van der Waals surface area contributed by atoms with Crippen molar-refractivity contribution < 1.29 is 4.74 Å². The predicted molar refractivity (Wildman–Crippen MR) is 86.9 cm³/mol. The van der Waals surface area contributed by atoms with Crippen LogP contribution in [0.1, 0.15) is 17.5 Å². The maximum absolute atomic E-state index is 6.24. The van der Waals surface area contributed by atoms with Gasteiger partial charge in [-0.15, -0.1) is 0 Å². The van der Waals surface area contributed by atoms with Gasteiger partial charge >= 0.3 is 0 Å². The molecule has 0 amide bonds. The standard InChI is InChI=1S/C18H20ClNO/c19-17-7-3-1-5-14(17)9-13(12-20)10-16-11-15-6-2-4-8-18(15)21-16/h1-8,13,16H,9-12,20H2. The molecule has 2 unspecified atom stereocenters. The van der Waals surface area contributed by atoms with Crippen molar-refractivity contribution in [3.8, 4) is 5.75 Å². The number of rotatable bonds is 5. The summed E-state index contributed by atoms with van der Waals surface area (Å²) < 4.78 is 6.02. The topological polar surface area (TPSA) is 35.2 Å². The minimum absolute atomic E-state index is 0.235. The Hall–Kier alpha value is -1.51. The lowest BCUT2D eigenvalue weighted by molar-refractivity contribution is 0.194. The van der Waals surface area contributed by atoms with E-state index in [2.05, 4.69) is 18.2 Å². The Morgan fingerprint density at radius 3 is 2.67 bits per heavy atom. The molecule has 0 saturated heterocycles. The molecule has 0 radical (unpaired) electrons. The van der Waals surface area contributed by atoms with Crippen LogP contribution in [0, 0.1) is 5.92 Å². The van der Waals surface area contributed by atoms with Gasteiger partial charge in [-0.25, -0.2) is 0 Å². The molecule has 110 valence electrons. The van der Waals surface area contributed by atoms with Gasteiger partial charge in [0.05, 0.1) is 0 Å². The van der Waals surface area contributed by atoms with Crippen LogP contribution in [0.15, 0.2) is 48.5 Å². The fourth-order valence-electron chi connectivity index (χ4n) is 3.00. The fraction of sp³-hybridized carbons (Fsp3) is 0.333. The molecular weight excluding hydrogens is 282 g/mol. The minimum Gasteiger partial charge on any atom is -0.490 e. The van der Waals surface area contributed by atoms with Crippen LogP contribution >= 0.6 is 11.6 Å². The van der Waals surface area contributed by atoms with Crippen molar-refractivity contribution in [3.05, 3.63) is 64.7 Å². The second-order valence-corrected chi connectivity index (χ2v) is 6.09. The highest BCUT2D eigenvalue weighted by atomic mass is 35.5. The van der Waals surface area contributed by atoms with Crippen molar-refractivity contribution in [2.45, 2.75) is 25.4 Å². The summed E-state index contributed by atoms with van der Waals surface area (Å²) in [7, 11) is 0. The number of hydrogen-bond donors (Lipinski definition) is 1. The summed E-state index contributed by atoms with van der Waals surface area (Å²) in [6.45, 7) is 0.654. The average molecular weight is 302 g/mol. The minimum atomic E-state index is 0.235. The highest BCUT2D eigenvalue weighted by Crippen LogP contribution is 2.31. The van der Waals surface area contributed by atoms with E-state index in [1.807, 2.05) is 30.3 Å². The third-order valence-electron chi connectivity index (χ3n) is 4.11. The third-order valence-corrected chi connectivity index (χ3v) is 4.48. The second-order valence-electron chi connectivity index (χ2n) is 5.68. The Balaban J connectivity index is 1.63. The first-order valence-electron chi connectivity index (χ1n) is 7.44. The van der Waals surface area contributed by atoms with Crippen molar-refractivity contribution in [2.75, 3.05) is 6.54 Å². The van der Waals surface area contributed by atoms with Crippen LogP contribution < -0.4 is 10.5 Å². The third kappa shape index (κ3) is 3.39. The van der Waals surface area contributed by atoms with E-state index in [9.17, 15) is 0 Å². The molecule has 0 saturated carbocycles. The van der Waals surface area contributed by atoms with Crippen LogP contribution in [0.2, 0.25) is 5.02 Å². The van der Waals surface area contributed by atoms with Crippen LogP contribution in [-0.4, -0.2) is 12.6 Å². The summed E-state index contributed by atoms with van der Waals surface area (Å²) in [5, 5.41) is 0.826. The Morgan fingerprint density at radius 1 is 1.14 bits per heavy atom. The number of para-hydroxylation sites is 1. The van der Waals surface area contributed by atoms with E-state index < -0.39 is 0 Å². The van der Waals surface area contributed by atoms with E-state index in [1.54, 1.807) is 0 Å².